The molecule has 0 aliphatic carbocycles. The van der Waals surface area contributed by atoms with E-state index >= 15 is 0 Å². The zero-order valence-corrected chi connectivity index (χ0v) is 12.8. The number of nitrogens with zero attached hydrogens (tertiary/aromatic N) is 1. The van der Waals surface area contributed by atoms with Gasteiger partial charge in [-0.2, -0.15) is 13.2 Å². The molecule has 2 rings (SSSR count). The summed E-state index contributed by atoms with van der Waals surface area (Å²) >= 11 is 0. The molecule has 0 saturated carbocycles. The summed E-state index contributed by atoms with van der Waals surface area (Å²) in [5, 5.41) is 2.48. The number of rotatable bonds is 5. The van der Waals surface area contributed by atoms with Crippen LogP contribution in [0.15, 0.2) is 47.1 Å². The van der Waals surface area contributed by atoms with E-state index in [2.05, 4.69) is 5.32 Å². The zero-order valence-electron chi connectivity index (χ0n) is 12.8. The van der Waals surface area contributed by atoms with Crippen LogP contribution < -0.4 is 5.32 Å². The van der Waals surface area contributed by atoms with Crippen LogP contribution in [0.2, 0.25) is 0 Å². The van der Waals surface area contributed by atoms with E-state index in [-0.39, 0.29) is 23.8 Å². The van der Waals surface area contributed by atoms with Gasteiger partial charge in [0.1, 0.15) is 12.3 Å². The molecule has 128 valence electrons. The first-order valence-corrected chi connectivity index (χ1v) is 7.00. The Morgan fingerprint density at radius 2 is 1.96 bits per heavy atom. The van der Waals surface area contributed by atoms with Gasteiger partial charge < -0.3 is 14.6 Å². The second-order valence-corrected chi connectivity index (χ2v) is 5.12. The number of anilines is 1. The topological polar surface area (TPSA) is 62.6 Å². The van der Waals surface area contributed by atoms with Crippen LogP contribution in [-0.4, -0.2) is 29.4 Å². The summed E-state index contributed by atoms with van der Waals surface area (Å²) in [6.45, 7) is -0.423. The maximum atomic E-state index is 12.8. The number of hydrogen-bond donors (Lipinski definition) is 1. The molecule has 0 radical (unpaired) electrons. The van der Waals surface area contributed by atoms with Crippen molar-refractivity contribution in [2.24, 2.45) is 0 Å². The van der Waals surface area contributed by atoms with E-state index < -0.39 is 18.6 Å². The summed E-state index contributed by atoms with van der Waals surface area (Å²) in [4.78, 5) is 24.2. The first kappa shape index (κ1) is 17.6. The minimum atomic E-state index is -4.54. The van der Waals surface area contributed by atoms with Crippen molar-refractivity contribution in [3.05, 3.63) is 54.0 Å². The lowest BCUT2D eigenvalue weighted by Crippen LogP contribution is -2.38. The molecule has 0 saturated heterocycles. The normalized spacial score (nSPS) is 11.2. The summed E-state index contributed by atoms with van der Waals surface area (Å²) in [6.07, 6.45) is -3.22. The van der Waals surface area contributed by atoms with Gasteiger partial charge in [0, 0.05) is 18.2 Å². The Morgan fingerprint density at radius 1 is 1.21 bits per heavy atom. The van der Waals surface area contributed by atoms with Crippen LogP contribution in [0, 0.1) is 0 Å². The van der Waals surface area contributed by atoms with Crippen LogP contribution in [0.3, 0.4) is 0 Å². The molecule has 0 fully saturated rings. The van der Waals surface area contributed by atoms with Gasteiger partial charge in [-0.1, -0.05) is 6.07 Å². The van der Waals surface area contributed by atoms with E-state index in [0.717, 1.165) is 0 Å². The predicted molar refractivity (Wildman–Crippen MR) is 80.2 cm³/mol. The van der Waals surface area contributed by atoms with Gasteiger partial charge in [0.05, 0.1) is 12.8 Å². The van der Waals surface area contributed by atoms with Crippen LogP contribution in [0.1, 0.15) is 23.0 Å². The number of hydrogen-bond acceptors (Lipinski definition) is 3. The molecule has 2 aromatic rings. The van der Waals surface area contributed by atoms with Crippen molar-refractivity contribution in [2.75, 3.05) is 11.9 Å². The summed E-state index contributed by atoms with van der Waals surface area (Å²) in [5.74, 6) is -0.913. The van der Waals surface area contributed by atoms with Crippen LogP contribution >= 0.6 is 0 Å². The van der Waals surface area contributed by atoms with Gasteiger partial charge in [0.2, 0.25) is 5.91 Å². The fraction of sp³-hybridized carbons (Fsp3) is 0.250. The highest BCUT2D eigenvalue weighted by atomic mass is 19.4. The van der Waals surface area contributed by atoms with Crippen LogP contribution in [0.25, 0.3) is 0 Å². The fourth-order valence-electron chi connectivity index (χ4n) is 2.12. The molecule has 8 heteroatoms. The predicted octanol–water partition coefficient (Wildman–Crippen LogP) is 3.44. The lowest BCUT2D eigenvalue weighted by Gasteiger charge is -2.23. The maximum absolute atomic E-state index is 12.8. The molecule has 1 N–H and O–H groups in total. The number of amides is 2. The SMILES string of the molecule is CC(=O)Nc1cccc(C(=O)N(Cc2ccco2)CC(F)(F)F)c1. The monoisotopic (exact) mass is 340 g/mol. The highest BCUT2D eigenvalue weighted by Gasteiger charge is 2.33. The maximum Gasteiger partial charge on any atom is 0.406 e. The first-order valence-electron chi connectivity index (χ1n) is 7.00. The molecule has 0 atom stereocenters. The Morgan fingerprint density at radius 3 is 2.54 bits per heavy atom. The molecular formula is C16H15F3N2O3. The summed E-state index contributed by atoms with van der Waals surface area (Å²) in [6, 6.07) is 8.76. The van der Waals surface area contributed by atoms with Crippen molar-refractivity contribution in [3.63, 3.8) is 0 Å². The van der Waals surface area contributed by atoms with Crippen molar-refractivity contribution in [2.45, 2.75) is 19.6 Å². The fourth-order valence-corrected chi connectivity index (χ4v) is 2.12. The van der Waals surface area contributed by atoms with Gasteiger partial charge in [-0.15, -0.1) is 0 Å². The Bertz CT molecular complexity index is 712. The molecule has 0 aliphatic heterocycles. The van der Waals surface area contributed by atoms with Crippen LogP contribution in [0.5, 0.6) is 0 Å². The quantitative estimate of drug-likeness (QED) is 0.907. The third-order valence-corrected chi connectivity index (χ3v) is 3.01. The van der Waals surface area contributed by atoms with E-state index in [0.29, 0.717) is 10.6 Å². The van der Waals surface area contributed by atoms with E-state index in [9.17, 15) is 22.8 Å². The third kappa shape index (κ3) is 5.15. The number of alkyl halides is 3. The van der Waals surface area contributed by atoms with Gasteiger partial charge in [-0.3, -0.25) is 9.59 Å². The molecule has 5 nitrogen and oxygen atoms in total. The van der Waals surface area contributed by atoms with Gasteiger partial charge in [0.25, 0.3) is 5.91 Å². The summed E-state index contributed by atoms with van der Waals surface area (Å²) in [5.41, 5.74) is 0.371. The van der Waals surface area contributed by atoms with Crippen LogP contribution in [-0.2, 0) is 11.3 Å². The molecule has 1 aromatic heterocycles. The molecule has 0 aliphatic rings. The number of halogens is 3. The minimum absolute atomic E-state index is 0.0389. The molecular weight excluding hydrogens is 325 g/mol. The Balaban J connectivity index is 2.24. The van der Waals surface area contributed by atoms with E-state index in [1.807, 2.05) is 0 Å². The van der Waals surface area contributed by atoms with Gasteiger partial charge in [0.15, 0.2) is 0 Å². The number of carbonyl (C=O) groups excluding carboxylic acids is 2. The van der Waals surface area contributed by atoms with Gasteiger partial charge >= 0.3 is 6.18 Å². The van der Waals surface area contributed by atoms with Crippen molar-refractivity contribution in [3.8, 4) is 0 Å². The minimum Gasteiger partial charge on any atom is -0.467 e. The van der Waals surface area contributed by atoms with E-state index in [1.165, 1.54) is 43.5 Å². The second-order valence-electron chi connectivity index (χ2n) is 5.12. The Kier molecular flexibility index (Phi) is 5.28. The number of benzene rings is 1. The molecule has 0 unspecified atom stereocenters. The highest BCUT2D eigenvalue weighted by Crippen LogP contribution is 2.21. The van der Waals surface area contributed by atoms with Crippen LogP contribution in [0.4, 0.5) is 18.9 Å². The van der Waals surface area contributed by atoms with E-state index in [4.69, 9.17) is 4.42 Å². The van der Waals surface area contributed by atoms with Crippen molar-refractivity contribution < 1.29 is 27.2 Å². The molecule has 1 aromatic carbocycles. The lowest BCUT2D eigenvalue weighted by molar-refractivity contribution is -0.142. The van der Waals surface area contributed by atoms with E-state index in [1.54, 1.807) is 6.07 Å². The number of carbonyl (C=O) groups is 2. The molecule has 24 heavy (non-hydrogen) atoms. The molecule has 0 bridgehead atoms. The van der Waals surface area contributed by atoms with Gasteiger partial charge in [-0.05, 0) is 30.3 Å². The highest BCUT2D eigenvalue weighted by molar-refractivity contribution is 5.96. The summed E-state index contributed by atoms with van der Waals surface area (Å²) < 4.78 is 43.4. The van der Waals surface area contributed by atoms with Crippen molar-refractivity contribution in [1.82, 2.24) is 4.90 Å². The lowest BCUT2D eigenvalue weighted by atomic mass is 10.1. The third-order valence-electron chi connectivity index (χ3n) is 3.01. The average molecular weight is 340 g/mol. The first-order chi connectivity index (χ1) is 11.2. The van der Waals surface area contributed by atoms with Crippen molar-refractivity contribution in [1.29, 1.82) is 0 Å². The molecule has 0 spiro atoms. The molecule has 1 heterocycles. The molecule has 2 amide bonds. The van der Waals surface area contributed by atoms with Gasteiger partial charge in [-0.25, -0.2) is 0 Å². The Labute approximate surface area is 136 Å². The Hall–Kier alpha value is -2.77. The average Bonchev–Trinajstić information content (AvgIpc) is 2.97. The largest absolute Gasteiger partial charge is 0.467 e. The standard InChI is InChI=1S/C16H15F3N2O3/c1-11(22)20-13-5-2-4-12(8-13)15(23)21(10-16(17,18)19)9-14-6-3-7-24-14/h2-8H,9-10H2,1H3,(H,20,22). The number of nitrogens with one attached hydrogen (secondary N) is 1. The second kappa shape index (κ2) is 7.20. The number of furan rings is 1. The smallest absolute Gasteiger partial charge is 0.406 e. The summed E-state index contributed by atoms with van der Waals surface area (Å²) in [7, 11) is 0. The zero-order chi connectivity index (χ0) is 17.7. The van der Waals surface area contributed by atoms with Crippen molar-refractivity contribution >= 4 is 17.5 Å².